The van der Waals surface area contributed by atoms with E-state index in [4.69, 9.17) is 15.2 Å². The van der Waals surface area contributed by atoms with Gasteiger partial charge in [-0.2, -0.15) is 0 Å². The molecule has 1 aromatic rings. The fourth-order valence-electron chi connectivity index (χ4n) is 1.29. The Balaban J connectivity index is 2.77. The lowest BCUT2D eigenvalue weighted by atomic mass is 10.1. The van der Waals surface area contributed by atoms with E-state index in [0.29, 0.717) is 18.5 Å². The smallest absolute Gasteiger partial charge is 0.190 e. The normalized spacial score (nSPS) is 10.5. The molecule has 0 aliphatic carbocycles. The maximum atomic E-state index is 13.4. The van der Waals surface area contributed by atoms with Crippen molar-refractivity contribution < 1.29 is 18.3 Å². The first-order valence-corrected chi connectivity index (χ1v) is 4.98. The molecule has 0 atom stereocenters. The predicted molar refractivity (Wildman–Crippen MR) is 56.5 cm³/mol. The van der Waals surface area contributed by atoms with Gasteiger partial charge in [0.25, 0.3) is 0 Å². The van der Waals surface area contributed by atoms with Crippen molar-refractivity contribution in [2.75, 3.05) is 26.9 Å². The SMILES string of the molecule is COCCOc1c(F)cc(CCN)cc1F. The van der Waals surface area contributed by atoms with Crippen LogP contribution in [-0.2, 0) is 11.2 Å². The van der Waals surface area contributed by atoms with Crippen molar-refractivity contribution in [1.82, 2.24) is 0 Å². The second-order valence-corrected chi connectivity index (χ2v) is 3.27. The molecule has 16 heavy (non-hydrogen) atoms. The van der Waals surface area contributed by atoms with Crippen LogP contribution in [0.15, 0.2) is 12.1 Å². The van der Waals surface area contributed by atoms with Crippen LogP contribution in [0.2, 0.25) is 0 Å². The fourth-order valence-corrected chi connectivity index (χ4v) is 1.29. The summed E-state index contributed by atoms with van der Waals surface area (Å²) < 4.78 is 36.5. The molecule has 0 fully saturated rings. The summed E-state index contributed by atoms with van der Waals surface area (Å²) in [5.74, 6) is -1.78. The van der Waals surface area contributed by atoms with Crippen molar-refractivity contribution in [1.29, 1.82) is 0 Å². The molecule has 1 rings (SSSR count). The monoisotopic (exact) mass is 231 g/mol. The summed E-state index contributed by atoms with van der Waals surface area (Å²) in [7, 11) is 1.49. The highest BCUT2D eigenvalue weighted by atomic mass is 19.1. The first kappa shape index (κ1) is 12.9. The molecule has 3 nitrogen and oxygen atoms in total. The van der Waals surface area contributed by atoms with Crippen LogP contribution < -0.4 is 10.5 Å². The lowest BCUT2D eigenvalue weighted by Gasteiger charge is -2.09. The van der Waals surface area contributed by atoms with E-state index in [1.165, 1.54) is 19.2 Å². The molecule has 0 saturated heterocycles. The largest absolute Gasteiger partial charge is 0.485 e. The second-order valence-electron chi connectivity index (χ2n) is 3.27. The maximum absolute atomic E-state index is 13.4. The van der Waals surface area contributed by atoms with Gasteiger partial charge >= 0.3 is 0 Å². The quantitative estimate of drug-likeness (QED) is 0.754. The van der Waals surface area contributed by atoms with Crippen LogP contribution in [-0.4, -0.2) is 26.9 Å². The van der Waals surface area contributed by atoms with E-state index in [9.17, 15) is 8.78 Å². The summed E-state index contributed by atoms with van der Waals surface area (Å²) >= 11 is 0. The third kappa shape index (κ3) is 3.43. The summed E-state index contributed by atoms with van der Waals surface area (Å²) in [6.07, 6.45) is 0.437. The average Bonchev–Trinajstić information content (AvgIpc) is 2.23. The number of halogens is 2. The number of hydrogen-bond acceptors (Lipinski definition) is 3. The highest BCUT2D eigenvalue weighted by Crippen LogP contribution is 2.23. The van der Waals surface area contributed by atoms with Crippen LogP contribution in [0.4, 0.5) is 8.78 Å². The summed E-state index contributed by atoms with van der Waals surface area (Å²) in [6, 6.07) is 2.47. The Morgan fingerprint density at radius 2 is 1.81 bits per heavy atom. The number of methoxy groups -OCH3 is 1. The number of rotatable bonds is 6. The van der Waals surface area contributed by atoms with E-state index in [1.807, 2.05) is 0 Å². The Hall–Kier alpha value is -1.20. The van der Waals surface area contributed by atoms with Gasteiger partial charge in [0.05, 0.1) is 6.61 Å². The van der Waals surface area contributed by atoms with Crippen LogP contribution in [0.3, 0.4) is 0 Å². The van der Waals surface area contributed by atoms with E-state index in [0.717, 1.165) is 0 Å². The molecule has 0 amide bonds. The summed E-state index contributed by atoms with van der Waals surface area (Å²) in [4.78, 5) is 0. The lowest BCUT2D eigenvalue weighted by molar-refractivity contribution is 0.141. The van der Waals surface area contributed by atoms with Gasteiger partial charge in [0.2, 0.25) is 0 Å². The molecule has 0 saturated carbocycles. The Morgan fingerprint density at radius 1 is 1.19 bits per heavy atom. The van der Waals surface area contributed by atoms with Crippen LogP contribution in [0.1, 0.15) is 5.56 Å². The molecule has 90 valence electrons. The standard InChI is InChI=1S/C11H15F2NO2/c1-15-4-5-16-11-9(12)6-8(2-3-14)7-10(11)13/h6-7H,2-5,14H2,1H3. The van der Waals surface area contributed by atoms with Gasteiger partial charge in [-0.1, -0.05) is 0 Å². The van der Waals surface area contributed by atoms with Crippen molar-refractivity contribution in [3.63, 3.8) is 0 Å². The minimum atomic E-state index is -0.709. The van der Waals surface area contributed by atoms with Gasteiger partial charge in [-0.3, -0.25) is 0 Å². The number of hydrogen-bond donors (Lipinski definition) is 1. The van der Waals surface area contributed by atoms with Crippen LogP contribution in [0.25, 0.3) is 0 Å². The van der Waals surface area contributed by atoms with E-state index in [-0.39, 0.29) is 19.0 Å². The Bertz CT molecular complexity index is 322. The molecule has 0 spiro atoms. The van der Waals surface area contributed by atoms with E-state index in [1.54, 1.807) is 0 Å². The number of nitrogens with two attached hydrogens (primary N) is 1. The van der Waals surface area contributed by atoms with Crippen molar-refractivity contribution in [3.8, 4) is 5.75 Å². The second kappa shape index (κ2) is 6.40. The van der Waals surface area contributed by atoms with Gasteiger partial charge in [-0.15, -0.1) is 0 Å². The van der Waals surface area contributed by atoms with E-state index >= 15 is 0 Å². The first-order valence-electron chi connectivity index (χ1n) is 4.98. The minimum Gasteiger partial charge on any atom is -0.485 e. The molecule has 5 heteroatoms. The Labute approximate surface area is 93.2 Å². The van der Waals surface area contributed by atoms with E-state index < -0.39 is 11.6 Å². The fraction of sp³-hybridized carbons (Fsp3) is 0.455. The van der Waals surface area contributed by atoms with Crippen molar-refractivity contribution in [2.45, 2.75) is 6.42 Å². The molecule has 0 aromatic heterocycles. The molecule has 0 aliphatic rings. The predicted octanol–water partition coefficient (Wildman–Crippen LogP) is 1.49. The summed E-state index contributed by atoms with van der Waals surface area (Å²) in [5, 5.41) is 0. The van der Waals surface area contributed by atoms with Gasteiger partial charge in [0.15, 0.2) is 17.4 Å². The molecule has 0 radical (unpaired) electrons. The first-order chi connectivity index (χ1) is 7.69. The minimum absolute atomic E-state index is 0.112. The van der Waals surface area contributed by atoms with Crippen LogP contribution in [0, 0.1) is 11.6 Å². The zero-order valence-corrected chi connectivity index (χ0v) is 9.13. The van der Waals surface area contributed by atoms with Crippen molar-refractivity contribution in [3.05, 3.63) is 29.3 Å². The third-order valence-corrected chi connectivity index (χ3v) is 2.02. The highest BCUT2D eigenvalue weighted by Gasteiger charge is 2.12. The Kier molecular flexibility index (Phi) is 5.14. The molecule has 0 bridgehead atoms. The van der Waals surface area contributed by atoms with E-state index in [2.05, 4.69) is 0 Å². The van der Waals surface area contributed by atoms with Crippen LogP contribution in [0.5, 0.6) is 5.75 Å². The maximum Gasteiger partial charge on any atom is 0.190 e. The average molecular weight is 231 g/mol. The van der Waals surface area contributed by atoms with Gasteiger partial charge in [-0.25, -0.2) is 8.78 Å². The molecule has 1 aromatic carbocycles. The van der Waals surface area contributed by atoms with Crippen LogP contribution >= 0.6 is 0 Å². The van der Waals surface area contributed by atoms with Gasteiger partial charge in [-0.05, 0) is 30.7 Å². The molecular formula is C11H15F2NO2. The lowest BCUT2D eigenvalue weighted by Crippen LogP contribution is -2.08. The van der Waals surface area contributed by atoms with Crippen molar-refractivity contribution >= 4 is 0 Å². The van der Waals surface area contributed by atoms with Gasteiger partial charge in [0.1, 0.15) is 6.61 Å². The Morgan fingerprint density at radius 3 is 2.31 bits per heavy atom. The molecule has 0 aliphatic heterocycles. The zero-order chi connectivity index (χ0) is 12.0. The number of ether oxygens (including phenoxy) is 2. The molecule has 0 unspecified atom stereocenters. The molecule has 2 N–H and O–H groups in total. The van der Waals surface area contributed by atoms with Gasteiger partial charge in [0, 0.05) is 7.11 Å². The molecule has 0 heterocycles. The molecular weight excluding hydrogens is 216 g/mol. The number of benzene rings is 1. The highest BCUT2D eigenvalue weighted by molar-refractivity contribution is 5.31. The third-order valence-electron chi connectivity index (χ3n) is 2.02. The van der Waals surface area contributed by atoms with Gasteiger partial charge < -0.3 is 15.2 Å². The van der Waals surface area contributed by atoms with Crippen molar-refractivity contribution in [2.24, 2.45) is 5.73 Å². The summed E-state index contributed by atoms with van der Waals surface area (Å²) in [5.41, 5.74) is 5.83. The topological polar surface area (TPSA) is 44.5 Å². The summed E-state index contributed by atoms with van der Waals surface area (Å²) in [6.45, 7) is 0.743. The zero-order valence-electron chi connectivity index (χ0n) is 9.13.